The largest absolute Gasteiger partial charge is 0.361 e. The fourth-order valence-corrected chi connectivity index (χ4v) is 1.42. The highest BCUT2D eigenvalue weighted by molar-refractivity contribution is 5.55. The maximum absolute atomic E-state index is 5.54. The summed E-state index contributed by atoms with van der Waals surface area (Å²) in [7, 11) is 0. The second kappa shape index (κ2) is 2.99. The lowest BCUT2D eigenvalue weighted by Gasteiger charge is -2.23. The third-order valence-electron chi connectivity index (χ3n) is 2.13. The van der Waals surface area contributed by atoms with Crippen LogP contribution < -0.4 is 5.73 Å². The summed E-state index contributed by atoms with van der Waals surface area (Å²) in [6.07, 6.45) is 4.15. The van der Waals surface area contributed by atoms with Gasteiger partial charge in [-0.1, -0.05) is 24.3 Å². The topological polar surface area (TPSA) is 29.3 Å². The van der Waals surface area contributed by atoms with Crippen LogP contribution in [0.4, 0.5) is 0 Å². The Morgan fingerprint density at radius 3 is 3.00 bits per heavy atom. The standard InChI is InChI=1S/C10H12N2/c11-8-12-6-5-9-3-1-2-4-10(9)7-12/h1-6H,7-8,11H2. The molecule has 1 aliphatic rings. The molecule has 2 nitrogen and oxygen atoms in total. The number of hydrogen-bond donors (Lipinski definition) is 1. The van der Waals surface area contributed by atoms with Crippen molar-refractivity contribution in [3.05, 3.63) is 41.6 Å². The molecule has 0 aliphatic carbocycles. The van der Waals surface area contributed by atoms with E-state index in [1.807, 2.05) is 6.20 Å². The van der Waals surface area contributed by atoms with Crippen molar-refractivity contribution in [1.82, 2.24) is 4.90 Å². The minimum Gasteiger partial charge on any atom is -0.361 e. The van der Waals surface area contributed by atoms with Crippen molar-refractivity contribution in [2.45, 2.75) is 6.54 Å². The lowest BCUT2D eigenvalue weighted by Crippen LogP contribution is -2.26. The summed E-state index contributed by atoms with van der Waals surface area (Å²) in [6.45, 7) is 1.52. The molecule has 0 bridgehead atoms. The second-order valence-electron chi connectivity index (χ2n) is 2.94. The molecule has 62 valence electrons. The van der Waals surface area contributed by atoms with Gasteiger partial charge in [0, 0.05) is 12.7 Å². The van der Waals surface area contributed by atoms with Crippen LogP contribution in [0.1, 0.15) is 11.1 Å². The highest BCUT2D eigenvalue weighted by atomic mass is 15.2. The fourth-order valence-electron chi connectivity index (χ4n) is 1.42. The van der Waals surface area contributed by atoms with Gasteiger partial charge in [-0.25, -0.2) is 0 Å². The van der Waals surface area contributed by atoms with Crippen molar-refractivity contribution >= 4 is 6.08 Å². The molecule has 1 aliphatic heterocycles. The van der Waals surface area contributed by atoms with Gasteiger partial charge in [0.25, 0.3) is 0 Å². The first-order valence-corrected chi connectivity index (χ1v) is 4.10. The first-order valence-electron chi connectivity index (χ1n) is 4.10. The molecule has 1 aromatic rings. The summed E-state index contributed by atoms with van der Waals surface area (Å²) < 4.78 is 0. The molecule has 2 N–H and O–H groups in total. The summed E-state index contributed by atoms with van der Waals surface area (Å²) in [5.74, 6) is 0. The van der Waals surface area contributed by atoms with E-state index in [9.17, 15) is 0 Å². The molecule has 2 heteroatoms. The lowest BCUT2D eigenvalue weighted by molar-refractivity contribution is 0.378. The number of fused-ring (bicyclic) bond motifs is 1. The van der Waals surface area contributed by atoms with E-state index in [0.717, 1.165) is 6.54 Å². The second-order valence-corrected chi connectivity index (χ2v) is 2.94. The monoisotopic (exact) mass is 160 g/mol. The van der Waals surface area contributed by atoms with Crippen LogP contribution >= 0.6 is 0 Å². The Bertz CT molecular complexity index is 304. The average molecular weight is 160 g/mol. The minimum absolute atomic E-state index is 0.588. The van der Waals surface area contributed by atoms with Gasteiger partial charge in [0.05, 0.1) is 6.67 Å². The van der Waals surface area contributed by atoms with E-state index < -0.39 is 0 Å². The zero-order chi connectivity index (χ0) is 8.39. The predicted molar refractivity (Wildman–Crippen MR) is 50.1 cm³/mol. The molecule has 0 saturated heterocycles. The maximum Gasteiger partial charge on any atom is 0.0655 e. The average Bonchev–Trinajstić information content (AvgIpc) is 2.17. The van der Waals surface area contributed by atoms with Crippen molar-refractivity contribution in [2.24, 2.45) is 5.73 Å². The molecule has 0 atom stereocenters. The number of benzene rings is 1. The highest BCUT2D eigenvalue weighted by Crippen LogP contribution is 2.17. The fraction of sp³-hybridized carbons (Fsp3) is 0.200. The number of hydrogen-bond acceptors (Lipinski definition) is 2. The van der Waals surface area contributed by atoms with Crippen molar-refractivity contribution in [3.8, 4) is 0 Å². The van der Waals surface area contributed by atoms with Gasteiger partial charge in [-0.3, -0.25) is 0 Å². The van der Waals surface area contributed by atoms with Gasteiger partial charge in [-0.05, 0) is 17.2 Å². The van der Waals surface area contributed by atoms with Crippen LogP contribution in [-0.4, -0.2) is 11.6 Å². The van der Waals surface area contributed by atoms with Crippen molar-refractivity contribution in [3.63, 3.8) is 0 Å². The summed E-state index contributed by atoms with van der Waals surface area (Å²) in [5.41, 5.74) is 8.19. The molecule has 0 saturated carbocycles. The number of nitrogens with zero attached hydrogens (tertiary/aromatic N) is 1. The Morgan fingerprint density at radius 1 is 1.33 bits per heavy atom. The van der Waals surface area contributed by atoms with E-state index in [4.69, 9.17) is 5.73 Å². The number of nitrogens with two attached hydrogens (primary N) is 1. The quantitative estimate of drug-likeness (QED) is 0.672. The van der Waals surface area contributed by atoms with Crippen LogP contribution in [0.2, 0.25) is 0 Å². The van der Waals surface area contributed by atoms with E-state index in [0.29, 0.717) is 6.67 Å². The third kappa shape index (κ3) is 1.21. The molecular weight excluding hydrogens is 148 g/mol. The van der Waals surface area contributed by atoms with E-state index in [2.05, 4.69) is 35.2 Å². The number of rotatable bonds is 1. The zero-order valence-electron chi connectivity index (χ0n) is 6.90. The third-order valence-corrected chi connectivity index (χ3v) is 2.13. The SMILES string of the molecule is NCN1C=Cc2ccccc2C1. The van der Waals surface area contributed by atoms with Crippen LogP contribution in [-0.2, 0) is 6.54 Å². The van der Waals surface area contributed by atoms with E-state index in [1.54, 1.807) is 0 Å². The molecule has 0 unspecified atom stereocenters. The van der Waals surface area contributed by atoms with Gasteiger partial charge in [-0.2, -0.15) is 0 Å². The lowest BCUT2D eigenvalue weighted by atomic mass is 10.1. The van der Waals surface area contributed by atoms with Gasteiger partial charge >= 0.3 is 0 Å². The predicted octanol–water partition coefficient (Wildman–Crippen LogP) is 1.39. The van der Waals surface area contributed by atoms with Crippen molar-refractivity contribution in [1.29, 1.82) is 0 Å². The van der Waals surface area contributed by atoms with E-state index in [-0.39, 0.29) is 0 Å². The highest BCUT2D eigenvalue weighted by Gasteiger charge is 2.06. The Morgan fingerprint density at radius 2 is 2.17 bits per heavy atom. The van der Waals surface area contributed by atoms with Crippen LogP contribution in [0.25, 0.3) is 6.08 Å². The Hall–Kier alpha value is -1.28. The van der Waals surface area contributed by atoms with Gasteiger partial charge in [0.2, 0.25) is 0 Å². The van der Waals surface area contributed by atoms with Crippen molar-refractivity contribution < 1.29 is 0 Å². The van der Waals surface area contributed by atoms with Crippen LogP contribution in [0, 0.1) is 0 Å². The Kier molecular flexibility index (Phi) is 1.84. The van der Waals surface area contributed by atoms with Crippen LogP contribution in [0.15, 0.2) is 30.5 Å². The molecule has 12 heavy (non-hydrogen) atoms. The molecule has 0 fully saturated rings. The normalized spacial score (nSPS) is 14.6. The van der Waals surface area contributed by atoms with Crippen molar-refractivity contribution in [2.75, 3.05) is 6.67 Å². The Labute approximate surface area is 72.3 Å². The zero-order valence-corrected chi connectivity index (χ0v) is 6.90. The molecule has 0 radical (unpaired) electrons. The summed E-state index contributed by atoms with van der Waals surface area (Å²) in [4.78, 5) is 2.09. The van der Waals surface area contributed by atoms with Gasteiger partial charge in [0.15, 0.2) is 0 Å². The maximum atomic E-state index is 5.54. The molecular formula is C10H12N2. The summed E-state index contributed by atoms with van der Waals surface area (Å²) in [5, 5.41) is 0. The summed E-state index contributed by atoms with van der Waals surface area (Å²) >= 11 is 0. The molecule has 0 aromatic heterocycles. The van der Waals surface area contributed by atoms with Crippen LogP contribution in [0.3, 0.4) is 0 Å². The minimum atomic E-state index is 0.588. The first kappa shape index (κ1) is 7.37. The molecule has 1 aromatic carbocycles. The molecule has 0 amide bonds. The first-order chi connectivity index (χ1) is 5.90. The molecule has 2 rings (SSSR count). The van der Waals surface area contributed by atoms with Crippen LogP contribution in [0.5, 0.6) is 0 Å². The Balaban J connectivity index is 2.33. The molecule has 0 spiro atoms. The van der Waals surface area contributed by atoms with Gasteiger partial charge in [0.1, 0.15) is 0 Å². The smallest absolute Gasteiger partial charge is 0.0655 e. The van der Waals surface area contributed by atoms with E-state index >= 15 is 0 Å². The summed E-state index contributed by atoms with van der Waals surface area (Å²) in [6, 6.07) is 8.38. The molecule has 1 heterocycles. The van der Waals surface area contributed by atoms with Gasteiger partial charge < -0.3 is 10.6 Å². The van der Waals surface area contributed by atoms with Gasteiger partial charge in [-0.15, -0.1) is 0 Å². The van der Waals surface area contributed by atoms with E-state index in [1.165, 1.54) is 11.1 Å².